The van der Waals surface area contributed by atoms with Crippen molar-refractivity contribution >= 4 is 35.0 Å². The van der Waals surface area contributed by atoms with Crippen molar-refractivity contribution in [3.63, 3.8) is 0 Å². The van der Waals surface area contributed by atoms with Crippen molar-refractivity contribution in [2.75, 3.05) is 32.9 Å². The van der Waals surface area contributed by atoms with Crippen LogP contribution in [0.1, 0.15) is 49.8 Å². The van der Waals surface area contributed by atoms with E-state index in [0.29, 0.717) is 35.9 Å². The number of nitrogens with two attached hydrogens (primary N) is 1. The van der Waals surface area contributed by atoms with Gasteiger partial charge in [-0.1, -0.05) is 71.7 Å². The molecule has 3 aromatic carbocycles. The van der Waals surface area contributed by atoms with Gasteiger partial charge in [0.15, 0.2) is 0 Å². The molecule has 2 aliphatic heterocycles. The molecule has 0 saturated carbocycles. The van der Waals surface area contributed by atoms with Gasteiger partial charge in [-0.3, -0.25) is 9.59 Å². The second-order valence-electron chi connectivity index (χ2n) is 11.9. The minimum Gasteiger partial charge on any atom is -0.491 e. The largest absolute Gasteiger partial charge is 0.491 e. The number of primary amides is 1. The molecule has 2 amide bonds. The van der Waals surface area contributed by atoms with Crippen molar-refractivity contribution in [1.82, 2.24) is 9.80 Å². The first-order valence-electron chi connectivity index (χ1n) is 14.8. The number of benzene rings is 3. The van der Waals surface area contributed by atoms with E-state index in [4.69, 9.17) is 38.4 Å². The van der Waals surface area contributed by atoms with Crippen LogP contribution in [0, 0.1) is 0 Å². The summed E-state index contributed by atoms with van der Waals surface area (Å²) in [6.45, 7) is 6.71. The minimum absolute atomic E-state index is 0.0179. The Labute approximate surface area is 263 Å². The molecule has 0 aliphatic carbocycles. The lowest BCUT2D eigenvalue weighted by Gasteiger charge is -2.41. The highest BCUT2D eigenvalue weighted by Crippen LogP contribution is 2.40. The molecule has 2 fully saturated rings. The molecular weight excluding hydrogens is 585 g/mol. The highest BCUT2D eigenvalue weighted by Gasteiger charge is 2.45. The summed E-state index contributed by atoms with van der Waals surface area (Å²) in [5, 5.41) is 0.913. The number of hydrogen-bond donors (Lipinski definition) is 1. The van der Waals surface area contributed by atoms with Crippen molar-refractivity contribution in [3.05, 3.63) is 99.5 Å². The Kier molecular flexibility index (Phi) is 9.67. The molecule has 2 heterocycles. The number of halogens is 2. The topological polar surface area (TPSA) is 85.1 Å². The van der Waals surface area contributed by atoms with Crippen LogP contribution in [0.3, 0.4) is 0 Å². The van der Waals surface area contributed by atoms with E-state index in [0.717, 1.165) is 42.1 Å². The third-order valence-corrected chi connectivity index (χ3v) is 9.45. The number of likely N-dealkylation sites (tertiary alicyclic amines) is 1. The van der Waals surface area contributed by atoms with E-state index in [-0.39, 0.29) is 31.1 Å². The Hall–Kier alpha value is -3.10. The van der Waals surface area contributed by atoms with Gasteiger partial charge < -0.3 is 25.0 Å². The third kappa shape index (κ3) is 7.01. The van der Waals surface area contributed by atoms with E-state index in [1.807, 2.05) is 80.6 Å². The predicted octanol–water partition coefficient (Wildman–Crippen LogP) is 5.94. The van der Waals surface area contributed by atoms with Gasteiger partial charge in [0.2, 0.25) is 11.8 Å². The van der Waals surface area contributed by atoms with Crippen LogP contribution < -0.4 is 10.5 Å². The van der Waals surface area contributed by atoms with Crippen molar-refractivity contribution in [1.29, 1.82) is 0 Å². The van der Waals surface area contributed by atoms with Crippen LogP contribution >= 0.6 is 23.2 Å². The molecule has 0 radical (unpaired) electrons. The lowest BCUT2D eigenvalue weighted by molar-refractivity contribution is -0.131. The summed E-state index contributed by atoms with van der Waals surface area (Å²) >= 11 is 12.7. The summed E-state index contributed by atoms with van der Waals surface area (Å²) in [6.07, 6.45) is 2.24. The zero-order valence-electron chi connectivity index (χ0n) is 24.7. The summed E-state index contributed by atoms with van der Waals surface area (Å²) in [5.41, 5.74) is 7.30. The number of ether oxygens (including phenoxy) is 2. The molecule has 0 aromatic heterocycles. The van der Waals surface area contributed by atoms with E-state index in [2.05, 4.69) is 4.90 Å². The zero-order valence-corrected chi connectivity index (χ0v) is 26.2. The van der Waals surface area contributed by atoms with Crippen LogP contribution in [-0.4, -0.2) is 60.6 Å². The summed E-state index contributed by atoms with van der Waals surface area (Å²) in [4.78, 5) is 30.2. The van der Waals surface area contributed by atoms with Gasteiger partial charge in [-0.25, -0.2) is 0 Å². The Morgan fingerprint density at radius 3 is 2.37 bits per heavy atom. The molecule has 2 aliphatic rings. The van der Waals surface area contributed by atoms with E-state index in [1.54, 1.807) is 11.0 Å². The summed E-state index contributed by atoms with van der Waals surface area (Å²) in [7, 11) is 0. The maximum absolute atomic E-state index is 13.5. The fourth-order valence-corrected chi connectivity index (χ4v) is 6.53. The van der Waals surface area contributed by atoms with Crippen LogP contribution in [0.2, 0.25) is 10.0 Å². The Balaban J connectivity index is 1.29. The lowest BCUT2D eigenvalue weighted by Crippen LogP contribution is -2.50. The lowest BCUT2D eigenvalue weighted by atomic mass is 9.72. The van der Waals surface area contributed by atoms with Crippen LogP contribution in [0.15, 0.2) is 72.8 Å². The molecule has 0 spiro atoms. The number of amides is 2. The fourth-order valence-electron chi connectivity index (χ4n) is 6.23. The molecule has 9 heteroatoms. The van der Waals surface area contributed by atoms with Crippen LogP contribution in [0.25, 0.3) is 0 Å². The molecular formula is C34H39Cl2N3O4. The van der Waals surface area contributed by atoms with Gasteiger partial charge in [0.1, 0.15) is 18.1 Å². The van der Waals surface area contributed by atoms with Gasteiger partial charge in [-0.2, -0.15) is 0 Å². The molecule has 3 aromatic rings. The van der Waals surface area contributed by atoms with Crippen molar-refractivity contribution in [2.45, 2.75) is 56.7 Å². The number of carbonyl (C=O) groups is 2. The zero-order chi connectivity index (χ0) is 30.6. The average Bonchev–Trinajstić information content (AvgIpc) is 3.44. The van der Waals surface area contributed by atoms with Gasteiger partial charge in [0, 0.05) is 6.54 Å². The molecule has 5 rings (SSSR count). The Morgan fingerprint density at radius 2 is 1.70 bits per heavy atom. The number of hydrogen-bond acceptors (Lipinski definition) is 5. The molecule has 2 N–H and O–H groups in total. The third-order valence-electron chi connectivity index (χ3n) is 8.71. The molecule has 0 bridgehead atoms. The van der Waals surface area contributed by atoms with E-state index < -0.39 is 11.0 Å². The number of carbonyl (C=O) groups excluding carboxylic acids is 2. The van der Waals surface area contributed by atoms with Gasteiger partial charge in [-0.15, -0.1) is 0 Å². The quantitative estimate of drug-likeness (QED) is 0.302. The monoisotopic (exact) mass is 623 g/mol. The Bertz CT molecular complexity index is 1440. The maximum atomic E-state index is 13.5. The van der Waals surface area contributed by atoms with Gasteiger partial charge in [0.05, 0.1) is 34.5 Å². The average molecular weight is 625 g/mol. The second-order valence-corrected chi connectivity index (χ2v) is 12.7. The van der Waals surface area contributed by atoms with Crippen molar-refractivity contribution in [2.24, 2.45) is 5.73 Å². The van der Waals surface area contributed by atoms with E-state index in [1.165, 1.54) is 0 Å². The predicted molar refractivity (Wildman–Crippen MR) is 169 cm³/mol. The first-order valence-corrected chi connectivity index (χ1v) is 15.6. The Morgan fingerprint density at radius 1 is 0.953 bits per heavy atom. The number of rotatable bonds is 10. The van der Waals surface area contributed by atoms with Crippen LogP contribution in [0.4, 0.5) is 0 Å². The molecule has 7 nitrogen and oxygen atoms in total. The van der Waals surface area contributed by atoms with E-state index >= 15 is 0 Å². The standard InChI is InChI=1S/C34H39Cl2N3O4/c1-24(2)43-28-10-6-7-25(19-28)20-31(40)39-22-34(42-23-39,27-11-12-29(35)30(36)21-27)15-18-38-16-13-33(14-17-38,32(37)41)26-8-4-3-5-9-26/h3-12,19,21,24H,13-18,20,22-23H2,1-2H3,(H2,37,41)/t34-/m0/s1. The maximum Gasteiger partial charge on any atom is 0.228 e. The SMILES string of the molecule is CC(C)Oc1cccc(CC(=O)N2CO[C@](CCN3CCC(C(N)=O)(c4ccccc4)CC3)(c3ccc(Cl)c(Cl)c3)C2)c1. The smallest absolute Gasteiger partial charge is 0.228 e. The first-order chi connectivity index (χ1) is 20.6. The summed E-state index contributed by atoms with van der Waals surface area (Å²) in [5.74, 6) is 0.452. The van der Waals surface area contributed by atoms with Crippen LogP contribution in [0.5, 0.6) is 5.75 Å². The summed E-state index contributed by atoms with van der Waals surface area (Å²) in [6, 6.07) is 23.0. The molecule has 1 atom stereocenters. The second kappa shape index (κ2) is 13.3. The number of piperidine rings is 1. The molecule has 228 valence electrons. The molecule has 2 saturated heterocycles. The normalized spacial score (nSPS) is 20.3. The fraction of sp³-hybridized carbons (Fsp3) is 0.412. The minimum atomic E-state index is -0.746. The van der Waals surface area contributed by atoms with Crippen molar-refractivity contribution < 1.29 is 19.1 Å². The first kappa shape index (κ1) is 31.3. The highest BCUT2D eigenvalue weighted by molar-refractivity contribution is 6.42. The van der Waals surface area contributed by atoms with Gasteiger partial charge in [-0.05, 0) is 87.2 Å². The van der Waals surface area contributed by atoms with Gasteiger partial charge >= 0.3 is 0 Å². The van der Waals surface area contributed by atoms with Crippen LogP contribution in [-0.2, 0) is 31.8 Å². The highest BCUT2D eigenvalue weighted by atomic mass is 35.5. The van der Waals surface area contributed by atoms with E-state index in [9.17, 15) is 9.59 Å². The van der Waals surface area contributed by atoms with Gasteiger partial charge in [0.25, 0.3) is 0 Å². The molecule has 0 unspecified atom stereocenters. The van der Waals surface area contributed by atoms with Crippen molar-refractivity contribution in [3.8, 4) is 5.75 Å². The molecule has 43 heavy (non-hydrogen) atoms. The number of nitrogens with zero attached hydrogens (tertiary/aromatic N) is 2. The summed E-state index contributed by atoms with van der Waals surface area (Å²) < 4.78 is 12.3.